The number of halogens is 4. The number of likely N-dealkylation sites (tertiary alicyclic amines) is 1. The molecule has 1 aromatic rings. The van der Waals surface area contributed by atoms with Crippen molar-refractivity contribution in [2.24, 2.45) is 5.73 Å². The van der Waals surface area contributed by atoms with E-state index in [1.807, 2.05) is 0 Å². The molecule has 1 aliphatic heterocycles. The maximum atomic E-state index is 13.5. The highest BCUT2D eigenvalue weighted by molar-refractivity contribution is 5.80. The van der Waals surface area contributed by atoms with Crippen molar-refractivity contribution in [3.05, 3.63) is 35.1 Å². The summed E-state index contributed by atoms with van der Waals surface area (Å²) in [5.41, 5.74) is 4.87. The summed E-state index contributed by atoms with van der Waals surface area (Å²) in [4.78, 5) is 13.3. The standard InChI is InChI=1S/C14H16F4N2O/c1-7(2)20-12(21)6-11(19)13(20)8-3-9(14(16,17)18)5-10(15)4-8/h3-5,7,11,13H,6,19H2,1-2H3. The van der Waals surface area contributed by atoms with Crippen LogP contribution in [0.15, 0.2) is 18.2 Å². The second kappa shape index (κ2) is 5.29. The van der Waals surface area contributed by atoms with Crippen LogP contribution in [0.1, 0.15) is 37.4 Å². The van der Waals surface area contributed by atoms with E-state index in [4.69, 9.17) is 5.73 Å². The molecule has 2 rings (SSSR count). The van der Waals surface area contributed by atoms with E-state index in [1.165, 1.54) is 4.90 Å². The Balaban J connectivity index is 2.49. The van der Waals surface area contributed by atoms with Crippen LogP contribution in [-0.2, 0) is 11.0 Å². The van der Waals surface area contributed by atoms with Crippen molar-refractivity contribution in [2.75, 3.05) is 0 Å². The molecular formula is C14H16F4N2O. The van der Waals surface area contributed by atoms with Crippen LogP contribution in [-0.4, -0.2) is 22.9 Å². The summed E-state index contributed by atoms with van der Waals surface area (Å²) < 4.78 is 51.9. The Labute approximate surface area is 119 Å². The summed E-state index contributed by atoms with van der Waals surface area (Å²) in [5.74, 6) is -1.23. The van der Waals surface area contributed by atoms with Gasteiger partial charge >= 0.3 is 6.18 Å². The zero-order valence-electron chi connectivity index (χ0n) is 11.6. The molecule has 0 bridgehead atoms. The highest BCUT2D eigenvalue weighted by Gasteiger charge is 2.41. The van der Waals surface area contributed by atoms with Gasteiger partial charge in [0.25, 0.3) is 0 Å². The van der Waals surface area contributed by atoms with E-state index in [0.717, 1.165) is 12.1 Å². The van der Waals surface area contributed by atoms with Crippen molar-refractivity contribution in [2.45, 2.75) is 44.6 Å². The van der Waals surface area contributed by atoms with Gasteiger partial charge in [-0.1, -0.05) is 0 Å². The molecule has 3 nitrogen and oxygen atoms in total. The van der Waals surface area contributed by atoms with E-state index >= 15 is 0 Å². The predicted molar refractivity (Wildman–Crippen MR) is 68.7 cm³/mol. The minimum absolute atomic E-state index is 0.0424. The van der Waals surface area contributed by atoms with Gasteiger partial charge in [-0.15, -0.1) is 0 Å². The molecule has 1 saturated heterocycles. The number of nitrogens with two attached hydrogens (primary N) is 1. The lowest BCUT2D eigenvalue weighted by molar-refractivity contribution is -0.137. The first kappa shape index (κ1) is 15.8. The summed E-state index contributed by atoms with van der Waals surface area (Å²) in [7, 11) is 0. The lowest BCUT2D eigenvalue weighted by atomic mass is 9.97. The number of carbonyl (C=O) groups is 1. The lowest BCUT2D eigenvalue weighted by Crippen LogP contribution is -2.37. The molecule has 2 N–H and O–H groups in total. The Morgan fingerprint density at radius 2 is 1.90 bits per heavy atom. The maximum Gasteiger partial charge on any atom is 0.416 e. The quantitative estimate of drug-likeness (QED) is 0.854. The van der Waals surface area contributed by atoms with Gasteiger partial charge in [0.15, 0.2) is 0 Å². The van der Waals surface area contributed by atoms with Gasteiger partial charge in [0.05, 0.1) is 11.6 Å². The summed E-state index contributed by atoms with van der Waals surface area (Å²) in [6.45, 7) is 3.49. The predicted octanol–water partition coefficient (Wildman–Crippen LogP) is 2.85. The normalized spacial score (nSPS) is 23.2. The summed E-state index contributed by atoms with van der Waals surface area (Å²) in [6.07, 6.45) is -4.60. The molecule has 1 aromatic carbocycles. The molecule has 1 heterocycles. The maximum absolute atomic E-state index is 13.5. The Hall–Kier alpha value is -1.63. The fourth-order valence-corrected chi connectivity index (χ4v) is 2.74. The summed E-state index contributed by atoms with van der Waals surface area (Å²) in [5, 5.41) is 0. The molecule has 0 aromatic heterocycles. The van der Waals surface area contributed by atoms with Gasteiger partial charge < -0.3 is 10.6 Å². The van der Waals surface area contributed by atoms with Crippen LogP contribution >= 0.6 is 0 Å². The van der Waals surface area contributed by atoms with Gasteiger partial charge in [-0.25, -0.2) is 4.39 Å². The van der Waals surface area contributed by atoms with Crippen molar-refractivity contribution in [1.29, 1.82) is 0 Å². The number of hydrogen-bond donors (Lipinski definition) is 1. The Morgan fingerprint density at radius 1 is 1.29 bits per heavy atom. The van der Waals surface area contributed by atoms with E-state index in [9.17, 15) is 22.4 Å². The van der Waals surface area contributed by atoms with Crippen LogP contribution in [0.25, 0.3) is 0 Å². The van der Waals surface area contributed by atoms with Crippen molar-refractivity contribution in [1.82, 2.24) is 4.90 Å². The van der Waals surface area contributed by atoms with Crippen molar-refractivity contribution in [3.63, 3.8) is 0 Å². The first-order chi connectivity index (χ1) is 9.61. The first-order valence-electron chi connectivity index (χ1n) is 6.55. The van der Waals surface area contributed by atoms with Crippen LogP contribution in [0.2, 0.25) is 0 Å². The summed E-state index contributed by atoms with van der Waals surface area (Å²) >= 11 is 0. The highest BCUT2D eigenvalue weighted by Crippen LogP contribution is 2.37. The van der Waals surface area contributed by atoms with E-state index < -0.39 is 29.6 Å². The highest BCUT2D eigenvalue weighted by atomic mass is 19.4. The third-order valence-electron chi connectivity index (χ3n) is 3.55. The molecule has 0 aliphatic carbocycles. The molecule has 21 heavy (non-hydrogen) atoms. The van der Waals surface area contributed by atoms with Crippen LogP contribution in [0.4, 0.5) is 17.6 Å². The Kier molecular flexibility index (Phi) is 3.97. The number of alkyl halides is 3. The third kappa shape index (κ3) is 3.02. The minimum Gasteiger partial charge on any atom is -0.332 e. The Morgan fingerprint density at radius 3 is 2.43 bits per heavy atom. The van der Waals surface area contributed by atoms with Crippen molar-refractivity contribution < 1.29 is 22.4 Å². The third-order valence-corrected chi connectivity index (χ3v) is 3.55. The fourth-order valence-electron chi connectivity index (χ4n) is 2.74. The van der Waals surface area contributed by atoms with Crippen LogP contribution in [0.3, 0.4) is 0 Å². The number of benzene rings is 1. The van der Waals surface area contributed by atoms with Crippen molar-refractivity contribution >= 4 is 5.91 Å². The van der Waals surface area contributed by atoms with Gasteiger partial charge in [-0.3, -0.25) is 4.79 Å². The smallest absolute Gasteiger partial charge is 0.332 e. The zero-order valence-corrected chi connectivity index (χ0v) is 11.6. The van der Waals surface area contributed by atoms with E-state index in [1.54, 1.807) is 13.8 Å². The Bertz CT molecular complexity index is 556. The van der Waals surface area contributed by atoms with E-state index in [0.29, 0.717) is 6.07 Å². The molecule has 0 radical (unpaired) electrons. The fraction of sp³-hybridized carbons (Fsp3) is 0.500. The van der Waals surface area contributed by atoms with E-state index in [2.05, 4.69) is 0 Å². The topological polar surface area (TPSA) is 46.3 Å². The van der Waals surface area contributed by atoms with Gasteiger partial charge in [-0.05, 0) is 37.6 Å². The first-order valence-corrected chi connectivity index (χ1v) is 6.55. The number of carbonyl (C=O) groups excluding carboxylic acids is 1. The molecule has 1 aliphatic rings. The number of nitrogens with zero attached hydrogens (tertiary/aromatic N) is 1. The molecular weight excluding hydrogens is 288 g/mol. The van der Waals surface area contributed by atoms with Crippen LogP contribution in [0.5, 0.6) is 0 Å². The molecule has 0 saturated carbocycles. The average Bonchev–Trinajstić information content (AvgIpc) is 2.62. The van der Waals surface area contributed by atoms with Gasteiger partial charge in [-0.2, -0.15) is 13.2 Å². The van der Waals surface area contributed by atoms with Gasteiger partial charge in [0, 0.05) is 18.5 Å². The molecule has 1 fully saturated rings. The van der Waals surface area contributed by atoms with E-state index in [-0.39, 0.29) is 23.9 Å². The second-order valence-electron chi connectivity index (χ2n) is 5.48. The second-order valence-corrected chi connectivity index (χ2v) is 5.48. The minimum atomic E-state index is -4.65. The molecule has 7 heteroatoms. The van der Waals surface area contributed by atoms with Crippen LogP contribution < -0.4 is 5.73 Å². The average molecular weight is 304 g/mol. The number of rotatable bonds is 2. The number of hydrogen-bond acceptors (Lipinski definition) is 2. The monoisotopic (exact) mass is 304 g/mol. The van der Waals surface area contributed by atoms with Gasteiger partial charge in [0.2, 0.25) is 5.91 Å². The SMILES string of the molecule is CC(C)N1C(=O)CC(N)C1c1cc(F)cc(C(F)(F)F)c1. The summed E-state index contributed by atoms with van der Waals surface area (Å²) in [6, 6.07) is 0.687. The molecule has 2 atom stereocenters. The number of amides is 1. The molecule has 2 unspecified atom stereocenters. The molecule has 116 valence electrons. The largest absolute Gasteiger partial charge is 0.416 e. The van der Waals surface area contributed by atoms with Gasteiger partial charge in [0.1, 0.15) is 5.82 Å². The molecule has 0 spiro atoms. The van der Waals surface area contributed by atoms with Crippen LogP contribution in [0, 0.1) is 5.82 Å². The van der Waals surface area contributed by atoms with Crippen molar-refractivity contribution in [3.8, 4) is 0 Å². The zero-order chi connectivity index (χ0) is 15.9. The lowest BCUT2D eigenvalue weighted by Gasteiger charge is -2.31. The molecule has 1 amide bonds.